The van der Waals surface area contributed by atoms with Crippen LogP contribution in [0.2, 0.25) is 0 Å². The van der Waals surface area contributed by atoms with E-state index in [1.807, 2.05) is 36.4 Å². The number of hydrazone groups is 1. The van der Waals surface area contributed by atoms with Crippen LogP contribution in [0.4, 0.5) is 10.5 Å². The van der Waals surface area contributed by atoms with Gasteiger partial charge in [0.1, 0.15) is 0 Å². The van der Waals surface area contributed by atoms with Crippen molar-refractivity contribution in [2.75, 3.05) is 5.32 Å². The van der Waals surface area contributed by atoms with Crippen molar-refractivity contribution in [3.8, 4) is 0 Å². The lowest BCUT2D eigenvalue weighted by Gasteiger charge is -2.16. The van der Waals surface area contributed by atoms with E-state index in [9.17, 15) is 9.59 Å². The summed E-state index contributed by atoms with van der Waals surface area (Å²) in [5.74, 6) is -0.0979. The summed E-state index contributed by atoms with van der Waals surface area (Å²) in [6.07, 6.45) is 1.69. The highest BCUT2D eigenvalue weighted by Crippen LogP contribution is 2.24. The lowest BCUT2D eigenvalue weighted by Crippen LogP contribution is -2.26. The van der Waals surface area contributed by atoms with Gasteiger partial charge >= 0.3 is 0 Å². The number of hydrogen-bond acceptors (Lipinski definition) is 3. The molecule has 2 N–H and O–H groups in total. The Kier molecular flexibility index (Phi) is 4.96. The fourth-order valence-electron chi connectivity index (χ4n) is 2.67. The van der Waals surface area contributed by atoms with E-state index in [0.29, 0.717) is 18.5 Å². The van der Waals surface area contributed by atoms with Gasteiger partial charge in [0, 0.05) is 18.4 Å². The van der Waals surface area contributed by atoms with Gasteiger partial charge in [0.2, 0.25) is 5.91 Å². The van der Waals surface area contributed by atoms with Crippen LogP contribution < -0.4 is 10.7 Å². The maximum absolute atomic E-state index is 11.4. The average molecular weight is 339 g/mol. The van der Waals surface area contributed by atoms with Gasteiger partial charge in [-0.1, -0.05) is 55.1 Å². The topological polar surface area (TPSA) is 70.6 Å². The van der Waals surface area contributed by atoms with Crippen LogP contribution in [0.1, 0.15) is 29.5 Å². The standard InChI is InChI=1S/C18H17N3O2S/c22-17-9-8-15(20-21-17)14-7-6-13(11-16(14)19-18(23)24)10-12-4-2-1-3-5-12/h1-7,11H,8-10H2,(H,21,22)(H2,19,23,24). The quantitative estimate of drug-likeness (QED) is 0.748. The lowest BCUT2D eigenvalue weighted by atomic mass is 9.98. The zero-order chi connectivity index (χ0) is 16.9. The highest BCUT2D eigenvalue weighted by Gasteiger charge is 2.17. The summed E-state index contributed by atoms with van der Waals surface area (Å²) in [5, 5.41) is 6.41. The van der Waals surface area contributed by atoms with E-state index in [1.165, 1.54) is 5.56 Å². The van der Waals surface area contributed by atoms with E-state index >= 15 is 0 Å². The molecule has 3 rings (SSSR count). The van der Waals surface area contributed by atoms with Gasteiger partial charge in [-0.05, 0) is 23.6 Å². The normalized spacial score (nSPS) is 13.9. The van der Waals surface area contributed by atoms with E-state index in [0.717, 1.165) is 23.3 Å². The summed E-state index contributed by atoms with van der Waals surface area (Å²) in [5.41, 5.74) is 6.94. The van der Waals surface area contributed by atoms with Crippen LogP contribution in [0.5, 0.6) is 0 Å². The summed E-state index contributed by atoms with van der Waals surface area (Å²) in [4.78, 5) is 22.7. The third kappa shape index (κ3) is 4.02. The van der Waals surface area contributed by atoms with Crippen LogP contribution in [0.15, 0.2) is 53.6 Å². The van der Waals surface area contributed by atoms with Crippen LogP contribution in [-0.4, -0.2) is 16.9 Å². The molecule has 0 spiro atoms. The summed E-state index contributed by atoms with van der Waals surface area (Å²) in [6.45, 7) is 0. The largest absolute Gasteiger partial charge is 0.316 e. The number of thiol groups is 1. The average Bonchev–Trinajstić information content (AvgIpc) is 2.57. The van der Waals surface area contributed by atoms with Crippen molar-refractivity contribution in [3.63, 3.8) is 0 Å². The molecule has 0 aromatic heterocycles. The summed E-state index contributed by atoms with van der Waals surface area (Å²) in [6, 6.07) is 16.0. The highest BCUT2D eigenvalue weighted by molar-refractivity contribution is 7.96. The second-order valence-electron chi connectivity index (χ2n) is 5.57. The van der Waals surface area contributed by atoms with Gasteiger partial charge in [-0.3, -0.25) is 9.59 Å². The molecule has 5 nitrogen and oxygen atoms in total. The molecule has 1 heterocycles. The van der Waals surface area contributed by atoms with Crippen molar-refractivity contribution in [1.82, 2.24) is 5.43 Å². The number of carbonyl (C=O) groups excluding carboxylic acids is 2. The molecule has 122 valence electrons. The first-order valence-corrected chi connectivity index (χ1v) is 8.09. The maximum Gasteiger partial charge on any atom is 0.280 e. The molecular formula is C18H17N3O2S. The number of hydrogen-bond donors (Lipinski definition) is 3. The zero-order valence-electron chi connectivity index (χ0n) is 13.0. The molecule has 0 unspecified atom stereocenters. The van der Waals surface area contributed by atoms with E-state index in [-0.39, 0.29) is 5.91 Å². The maximum atomic E-state index is 11.4. The van der Waals surface area contributed by atoms with E-state index in [2.05, 4.69) is 40.6 Å². The fraction of sp³-hybridized carbons (Fsp3) is 0.167. The first-order chi connectivity index (χ1) is 11.6. The smallest absolute Gasteiger partial charge is 0.280 e. The predicted octanol–water partition coefficient (Wildman–Crippen LogP) is 3.35. The van der Waals surface area contributed by atoms with Gasteiger partial charge in [0.25, 0.3) is 5.24 Å². The summed E-state index contributed by atoms with van der Waals surface area (Å²) < 4.78 is 0. The van der Waals surface area contributed by atoms with Crippen LogP contribution in [-0.2, 0) is 11.2 Å². The molecule has 0 atom stereocenters. The van der Waals surface area contributed by atoms with E-state index < -0.39 is 5.24 Å². The molecular weight excluding hydrogens is 322 g/mol. The molecule has 1 aliphatic heterocycles. The number of anilines is 1. The number of benzene rings is 2. The number of nitrogens with zero attached hydrogens (tertiary/aromatic N) is 1. The fourth-order valence-corrected chi connectivity index (χ4v) is 2.79. The Balaban J connectivity index is 1.91. The van der Waals surface area contributed by atoms with Gasteiger partial charge in [-0.15, -0.1) is 0 Å². The molecule has 6 heteroatoms. The minimum atomic E-state index is -0.437. The molecule has 0 aliphatic carbocycles. The lowest BCUT2D eigenvalue weighted by molar-refractivity contribution is -0.121. The first kappa shape index (κ1) is 16.3. The van der Waals surface area contributed by atoms with E-state index in [4.69, 9.17) is 0 Å². The SMILES string of the molecule is O=C(S)Nc1cc(Cc2ccccc2)ccc1C1=NNC(=O)CC1. The van der Waals surface area contributed by atoms with E-state index in [1.54, 1.807) is 0 Å². The van der Waals surface area contributed by atoms with Gasteiger partial charge in [0.15, 0.2) is 0 Å². The van der Waals surface area contributed by atoms with Gasteiger partial charge < -0.3 is 5.32 Å². The Morgan fingerprint density at radius 2 is 1.92 bits per heavy atom. The summed E-state index contributed by atoms with van der Waals surface area (Å²) >= 11 is 3.81. The molecule has 0 bridgehead atoms. The van der Waals surface area contributed by atoms with Crippen LogP contribution in [0, 0.1) is 0 Å². The van der Waals surface area contributed by atoms with Crippen LogP contribution in [0.25, 0.3) is 0 Å². The Hall–Kier alpha value is -2.60. The zero-order valence-corrected chi connectivity index (χ0v) is 13.8. The van der Waals surface area contributed by atoms with Crippen molar-refractivity contribution in [3.05, 3.63) is 65.2 Å². The third-order valence-electron chi connectivity index (χ3n) is 3.79. The van der Waals surface area contributed by atoms with Gasteiger partial charge in [0.05, 0.1) is 11.4 Å². The van der Waals surface area contributed by atoms with Crippen LogP contribution in [0.3, 0.4) is 0 Å². The Morgan fingerprint density at radius 3 is 2.58 bits per heavy atom. The minimum Gasteiger partial charge on any atom is -0.316 e. The second-order valence-corrected chi connectivity index (χ2v) is 5.97. The van der Waals surface area contributed by atoms with Crippen molar-refractivity contribution in [2.45, 2.75) is 19.3 Å². The van der Waals surface area contributed by atoms with Crippen molar-refractivity contribution < 1.29 is 9.59 Å². The predicted molar refractivity (Wildman–Crippen MR) is 97.6 cm³/mol. The van der Waals surface area contributed by atoms with Crippen LogP contribution >= 0.6 is 12.6 Å². The third-order valence-corrected chi connectivity index (χ3v) is 3.90. The molecule has 0 saturated carbocycles. The molecule has 2 aromatic carbocycles. The number of carbonyl (C=O) groups is 2. The number of amides is 2. The Bertz CT molecular complexity index is 803. The molecule has 1 aliphatic rings. The molecule has 0 saturated heterocycles. The Morgan fingerprint density at radius 1 is 1.12 bits per heavy atom. The van der Waals surface area contributed by atoms with Gasteiger partial charge in [-0.25, -0.2) is 5.43 Å². The summed E-state index contributed by atoms with van der Waals surface area (Å²) in [7, 11) is 0. The monoisotopic (exact) mass is 339 g/mol. The molecule has 0 radical (unpaired) electrons. The minimum absolute atomic E-state index is 0.0979. The number of rotatable bonds is 4. The first-order valence-electron chi connectivity index (χ1n) is 7.64. The molecule has 24 heavy (non-hydrogen) atoms. The van der Waals surface area contributed by atoms with Crippen molar-refractivity contribution in [2.24, 2.45) is 5.10 Å². The Labute approximate surface area is 145 Å². The molecule has 0 fully saturated rings. The molecule has 2 amide bonds. The highest BCUT2D eigenvalue weighted by atomic mass is 32.1. The van der Waals surface area contributed by atoms with Crippen molar-refractivity contribution in [1.29, 1.82) is 0 Å². The van der Waals surface area contributed by atoms with Crippen molar-refractivity contribution >= 4 is 35.2 Å². The second kappa shape index (κ2) is 7.31. The van der Waals surface area contributed by atoms with Gasteiger partial charge in [-0.2, -0.15) is 5.10 Å². The number of nitrogens with one attached hydrogen (secondary N) is 2. The molecule has 2 aromatic rings.